The average molecular weight is 457 g/mol. The monoisotopic (exact) mass is 457 g/mol. The quantitative estimate of drug-likeness (QED) is 0.403. The zero-order valence-corrected chi connectivity index (χ0v) is 16.0. The molecule has 0 fully saturated rings. The van der Waals surface area contributed by atoms with Crippen LogP contribution >= 0.6 is 22.6 Å². The molecule has 0 aliphatic carbocycles. The molecule has 1 N–H and O–H groups in total. The van der Waals surface area contributed by atoms with Gasteiger partial charge < -0.3 is 9.84 Å². The molecule has 0 bridgehead atoms. The summed E-state index contributed by atoms with van der Waals surface area (Å²) in [5, 5.41) is 8.90. The van der Waals surface area contributed by atoms with E-state index in [0.29, 0.717) is 6.61 Å². The van der Waals surface area contributed by atoms with E-state index >= 15 is 0 Å². The molecule has 3 rings (SSSR count). The Morgan fingerprint density at radius 1 is 1.00 bits per heavy atom. The molecule has 0 aliphatic rings. The first-order valence-electron chi connectivity index (χ1n) is 7.95. The van der Waals surface area contributed by atoms with E-state index in [1.165, 1.54) is 0 Å². The second-order valence-corrected chi connectivity index (χ2v) is 6.73. The Kier molecular flexibility index (Phi) is 6.01. The molecular formula is C21H16INO3. The summed E-state index contributed by atoms with van der Waals surface area (Å²) in [7, 11) is 0. The van der Waals surface area contributed by atoms with Gasteiger partial charge in [-0.1, -0.05) is 24.3 Å². The predicted octanol–water partition coefficient (Wildman–Crippen LogP) is 5.32. The minimum Gasteiger partial charge on any atom is -0.489 e. The number of carbonyl (C=O) groups is 1. The van der Waals surface area contributed by atoms with Crippen LogP contribution in [-0.4, -0.2) is 17.3 Å². The van der Waals surface area contributed by atoms with Gasteiger partial charge in [0.05, 0.1) is 11.3 Å². The molecule has 3 aromatic rings. The van der Waals surface area contributed by atoms with Crippen molar-refractivity contribution in [3.05, 3.63) is 93.1 Å². The highest BCUT2D eigenvalue weighted by Crippen LogP contribution is 2.20. The zero-order chi connectivity index (χ0) is 18.4. The number of carboxylic acid groups (broad SMARTS) is 1. The van der Waals surface area contributed by atoms with Gasteiger partial charge >= 0.3 is 5.97 Å². The molecule has 130 valence electrons. The molecule has 0 saturated heterocycles. The minimum atomic E-state index is -0.931. The third-order valence-corrected chi connectivity index (χ3v) is 4.60. The van der Waals surface area contributed by atoms with Gasteiger partial charge in [-0.25, -0.2) is 4.79 Å². The third-order valence-electron chi connectivity index (χ3n) is 3.69. The van der Waals surface area contributed by atoms with Crippen LogP contribution in [-0.2, 0) is 6.61 Å². The Labute approximate surface area is 165 Å². The highest BCUT2D eigenvalue weighted by molar-refractivity contribution is 14.1. The van der Waals surface area contributed by atoms with Gasteiger partial charge in [-0.05, 0) is 82.2 Å². The summed E-state index contributed by atoms with van der Waals surface area (Å²) in [6.07, 6.45) is 1.83. The summed E-state index contributed by atoms with van der Waals surface area (Å²) in [6.45, 7) is 0.384. The molecule has 0 aliphatic heterocycles. The summed E-state index contributed by atoms with van der Waals surface area (Å²) in [6, 6.07) is 22.3. The summed E-state index contributed by atoms with van der Waals surface area (Å²) < 4.78 is 6.84. The number of carboxylic acids is 1. The lowest BCUT2D eigenvalue weighted by Gasteiger charge is -2.07. The van der Waals surface area contributed by atoms with Crippen molar-refractivity contribution >= 4 is 40.5 Å². The Morgan fingerprint density at radius 2 is 1.69 bits per heavy atom. The molecule has 0 atom stereocenters. The number of benzene rings is 3. The van der Waals surface area contributed by atoms with E-state index in [9.17, 15) is 4.79 Å². The van der Waals surface area contributed by atoms with Gasteiger partial charge in [-0.3, -0.25) is 4.99 Å². The van der Waals surface area contributed by atoms with Crippen LogP contribution in [0.3, 0.4) is 0 Å². The Morgan fingerprint density at radius 3 is 2.35 bits per heavy atom. The first-order chi connectivity index (χ1) is 12.6. The second kappa shape index (κ2) is 8.62. The smallest absolute Gasteiger partial charge is 0.335 e. The lowest BCUT2D eigenvalue weighted by atomic mass is 10.1. The molecular weight excluding hydrogens is 441 g/mol. The molecule has 5 heteroatoms. The number of hydrogen-bond acceptors (Lipinski definition) is 3. The van der Waals surface area contributed by atoms with Gasteiger partial charge in [0, 0.05) is 9.78 Å². The van der Waals surface area contributed by atoms with Crippen molar-refractivity contribution in [2.75, 3.05) is 0 Å². The van der Waals surface area contributed by atoms with E-state index in [2.05, 4.69) is 27.6 Å². The van der Waals surface area contributed by atoms with Gasteiger partial charge in [-0.15, -0.1) is 0 Å². The number of rotatable bonds is 6. The van der Waals surface area contributed by atoms with Gasteiger partial charge in [0.15, 0.2) is 0 Å². The molecule has 0 radical (unpaired) electrons. The fraction of sp³-hybridized carbons (Fsp3) is 0.0476. The molecule has 0 saturated carbocycles. The third kappa shape index (κ3) is 4.92. The number of hydrogen-bond donors (Lipinski definition) is 1. The summed E-state index contributed by atoms with van der Waals surface area (Å²) in [4.78, 5) is 15.3. The highest BCUT2D eigenvalue weighted by atomic mass is 127. The zero-order valence-electron chi connectivity index (χ0n) is 13.8. The number of aliphatic imine (C=N–C) groups is 1. The Hall–Kier alpha value is -2.67. The largest absolute Gasteiger partial charge is 0.489 e. The SMILES string of the molecule is O=C(O)c1ccc(COc2ccc(C=Nc3ccccc3I)cc2)cc1. The van der Waals surface area contributed by atoms with Crippen molar-refractivity contribution in [3.63, 3.8) is 0 Å². The molecule has 4 nitrogen and oxygen atoms in total. The normalized spacial score (nSPS) is 10.8. The first-order valence-corrected chi connectivity index (χ1v) is 9.03. The summed E-state index contributed by atoms with van der Waals surface area (Å²) in [5.41, 5.74) is 3.12. The maximum absolute atomic E-state index is 10.8. The molecule has 0 unspecified atom stereocenters. The molecule has 0 heterocycles. The van der Waals surface area contributed by atoms with Crippen LogP contribution in [0.25, 0.3) is 0 Å². The average Bonchev–Trinajstić information content (AvgIpc) is 2.67. The van der Waals surface area contributed by atoms with Crippen molar-refractivity contribution in [2.24, 2.45) is 4.99 Å². The predicted molar refractivity (Wildman–Crippen MR) is 111 cm³/mol. The highest BCUT2D eigenvalue weighted by Gasteiger charge is 2.02. The van der Waals surface area contributed by atoms with E-state index in [1.54, 1.807) is 24.3 Å². The van der Waals surface area contributed by atoms with Crippen molar-refractivity contribution in [3.8, 4) is 5.75 Å². The fourth-order valence-electron chi connectivity index (χ4n) is 2.26. The number of halogens is 1. The maximum Gasteiger partial charge on any atom is 0.335 e. The standard InChI is InChI=1S/C21H16INO3/c22-19-3-1-2-4-20(19)23-13-15-7-11-18(12-8-15)26-14-16-5-9-17(10-6-16)21(24)25/h1-13H,14H2,(H,24,25). The van der Waals surface area contributed by atoms with E-state index < -0.39 is 5.97 Å². The van der Waals surface area contributed by atoms with Crippen LogP contribution in [0.1, 0.15) is 21.5 Å². The van der Waals surface area contributed by atoms with E-state index in [4.69, 9.17) is 9.84 Å². The van der Waals surface area contributed by atoms with Crippen molar-refractivity contribution in [1.82, 2.24) is 0 Å². The van der Waals surface area contributed by atoms with Crippen LogP contribution in [0, 0.1) is 3.57 Å². The van der Waals surface area contributed by atoms with Gasteiger partial charge in [0.2, 0.25) is 0 Å². The maximum atomic E-state index is 10.8. The molecule has 26 heavy (non-hydrogen) atoms. The van der Waals surface area contributed by atoms with Crippen LogP contribution in [0.4, 0.5) is 5.69 Å². The molecule has 0 amide bonds. The van der Waals surface area contributed by atoms with Crippen LogP contribution < -0.4 is 4.74 Å². The van der Waals surface area contributed by atoms with Gasteiger partial charge in [-0.2, -0.15) is 0 Å². The number of para-hydroxylation sites is 1. The number of nitrogens with zero attached hydrogens (tertiary/aromatic N) is 1. The summed E-state index contributed by atoms with van der Waals surface area (Å²) >= 11 is 2.26. The van der Waals surface area contributed by atoms with Crippen LogP contribution in [0.5, 0.6) is 5.75 Å². The Balaban J connectivity index is 1.59. The van der Waals surface area contributed by atoms with Crippen LogP contribution in [0.15, 0.2) is 77.8 Å². The van der Waals surface area contributed by atoms with E-state index in [1.807, 2.05) is 54.7 Å². The van der Waals surface area contributed by atoms with E-state index in [-0.39, 0.29) is 5.56 Å². The van der Waals surface area contributed by atoms with Crippen LogP contribution in [0.2, 0.25) is 0 Å². The number of ether oxygens (including phenoxy) is 1. The topological polar surface area (TPSA) is 58.9 Å². The molecule has 3 aromatic carbocycles. The number of aromatic carboxylic acids is 1. The van der Waals surface area contributed by atoms with E-state index in [0.717, 1.165) is 26.1 Å². The summed E-state index contributed by atoms with van der Waals surface area (Å²) in [5.74, 6) is -0.182. The second-order valence-electron chi connectivity index (χ2n) is 5.57. The fourth-order valence-corrected chi connectivity index (χ4v) is 2.79. The Bertz CT molecular complexity index is 919. The van der Waals surface area contributed by atoms with Crippen molar-refractivity contribution in [1.29, 1.82) is 0 Å². The van der Waals surface area contributed by atoms with Crippen molar-refractivity contribution in [2.45, 2.75) is 6.61 Å². The molecule has 0 spiro atoms. The van der Waals surface area contributed by atoms with Crippen molar-refractivity contribution < 1.29 is 14.6 Å². The minimum absolute atomic E-state index is 0.269. The first kappa shape index (κ1) is 18.1. The lowest BCUT2D eigenvalue weighted by molar-refractivity contribution is 0.0697. The lowest BCUT2D eigenvalue weighted by Crippen LogP contribution is -1.99. The molecule has 0 aromatic heterocycles. The van der Waals surface area contributed by atoms with Gasteiger partial charge in [0.25, 0.3) is 0 Å². The van der Waals surface area contributed by atoms with Gasteiger partial charge in [0.1, 0.15) is 12.4 Å².